The number of nitrogens with one attached hydrogen (secondary N) is 1. The first-order valence-electron chi connectivity index (χ1n) is 5.60. The molecule has 1 unspecified atom stereocenters. The molecule has 96 valence electrons. The van der Waals surface area contributed by atoms with Crippen molar-refractivity contribution in [2.24, 2.45) is 0 Å². The summed E-state index contributed by atoms with van der Waals surface area (Å²) in [5.74, 6) is -1.07. The quantitative estimate of drug-likeness (QED) is 0.873. The van der Waals surface area contributed by atoms with Gasteiger partial charge in [-0.25, -0.2) is 8.78 Å². The molecular formula is C13H20F2N2. The summed E-state index contributed by atoms with van der Waals surface area (Å²) in [5.41, 5.74) is 0.195. The van der Waals surface area contributed by atoms with Gasteiger partial charge in [0.25, 0.3) is 0 Å². The van der Waals surface area contributed by atoms with E-state index in [1.807, 2.05) is 32.8 Å². The Labute approximate surface area is 102 Å². The van der Waals surface area contributed by atoms with E-state index in [2.05, 4.69) is 5.32 Å². The lowest BCUT2D eigenvalue weighted by atomic mass is 9.87. The molecule has 1 atom stereocenters. The zero-order chi connectivity index (χ0) is 13.2. The number of hydrogen-bond acceptors (Lipinski definition) is 2. The van der Waals surface area contributed by atoms with Crippen molar-refractivity contribution in [3.63, 3.8) is 0 Å². The standard InChI is InChI=1S/C13H20F2N2/c1-13(2,17(4)5)12(16-3)10-7-6-9(14)8-11(10)15/h6-8,12,16H,1-5H3. The van der Waals surface area contributed by atoms with Crippen molar-refractivity contribution in [3.05, 3.63) is 35.4 Å². The molecule has 17 heavy (non-hydrogen) atoms. The highest BCUT2D eigenvalue weighted by molar-refractivity contribution is 5.25. The van der Waals surface area contributed by atoms with Gasteiger partial charge in [-0.15, -0.1) is 0 Å². The van der Waals surface area contributed by atoms with Gasteiger partial charge in [0, 0.05) is 17.2 Å². The highest BCUT2D eigenvalue weighted by Crippen LogP contribution is 2.30. The maximum atomic E-state index is 13.8. The first-order valence-corrected chi connectivity index (χ1v) is 5.60. The van der Waals surface area contributed by atoms with Gasteiger partial charge in [-0.05, 0) is 41.1 Å². The Kier molecular flexibility index (Phi) is 4.22. The Balaban J connectivity index is 3.18. The Morgan fingerprint density at radius 2 is 1.82 bits per heavy atom. The van der Waals surface area contributed by atoms with Crippen LogP contribution in [0.5, 0.6) is 0 Å². The Morgan fingerprint density at radius 3 is 2.24 bits per heavy atom. The molecule has 0 bridgehead atoms. The molecule has 4 heteroatoms. The largest absolute Gasteiger partial charge is 0.311 e. The average molecular weight is 242 g/mol. The van der Waals surface area contributed by atoms with E-state index in [1.165, 1.54) is 12.1 Å². The van der Waals surface area contributed by atoms with E-state index in [1.54, 1.807) is 7.05 Å². The molecule has 2 nitrogen and oxygen atoms in total. The molecule has 0 aliphatic carbocycles. The fourth-order valence-electron chi connectivity index (χ4n) is 1.88. The smallest absolute Gasteiger partial charge is 0.130 e. The number of hydrogen-bond donors (Lipinski definition) is 1. The minimum Gasteiger partial charge on any atom is -0.311 e. The van der Waals surface area contributed by atoms with Crippen LogP contribution < -0.4 is 5.32 Å². The van der Waals surface area contributed by atoms with Crippen LogP contribution >= 0.6 is 0 Å². The van der Waals surface area contributed by atoms with Crippen LogP contribution in [0.2, 0.25) is 0 Å². The number of likely N-dealkylation sites (N-methyl/N-ethyl adjacent to an activating group) is 2. The minimum absolute atomic E-state index is 0.210. The monoisotopic (exact) mass is 242 g/mol. The van der Waals surface area contributed by atoms with E-state index in [9.17, 15) is 8.78 Å². The highest BCUT2D eigenvalue weighted by atomic mass is 19.1. The zero-order valence-corrected chi connectivity index (χ0v) is 11.0. The molecule has 0 saturated carbocycles. The Hall–Kier alpha value is -1.00. The second-order valence-electron chi connectivity index (χ2n) is 4.94. The molecule has 1 aromatic rings. The lowest BCUT2D eigenvalue weighted by molar-refractivity contribution is 0.140. The topological polar surface area (TPSA) is 15.3 Å². The number of rotatable bonds is 4. The van der Waals surface area contributed by atoms with Crippen LogP contribution in [-0.4, -0.2) is 31.6 Å². The van der Waals surface area contributed by atoms with Gasteiger partial charge in [0.05, 0.1) is 6.04 Å². The fraction of sp³-hybridized carbons (Fsp3) is 0.538. The van der Waals surface area contributed by atoms with E-state index < -0.39 is 11.6 Å². The molecule has 0 fully saturated rings. The zero-order valence-electron chi connectivity index (χ0n) is 11.0. The lowest BCUT2D eigenvalue weighted by Gasteiger charge is -2.40. The summed E-state index contributed by atoms with van der Waals surface area (Å²) in [5, 5.41) is 3.10. The highest BCUT2D eigenvalue weighted by Gasteiger charge is 2.33. The van der Waals surface area contributed by atoms with E-state index >= 15 is 0 Å². The second kappa shape index (κ2) is 5.10. The van der Waals surface area contributed by atoms with Gasteiger partial charge in [-0.3, -0.25) is 0 Å². The molecule has 0 heterocycles. The maximum absolute atomic E-state index is 13.8. The third kappa shape index (κ3) is 2.82. The maximum Gasteiger partial charge on any atom is 0.130 e. The SMILES string of the molecule is CNC(c1ccc(F)cc1F)C(C)(C)N(C)C. The van der Waals surface area contributed by atoms with E-state index in [0.717, 1.165) is 6.07 Å². The number of halogens is 2. The van der Waals surface area contributed by atoms with Crippen LogP contribution in [0.1, 0.15) is 25.5 Å². The molecule has 0 aliphatic heterocycles. The van der Waals surface area contributed by atoms with Crippen molar-refractivity contribution in [1.29, 1.82) is 0 Å². The first kappa shape index (κ1) is 14.1. The summed E-state index contributed by atoms with van der Waals surface area (Å²) in [6, 6.07) is 3.50. The van der Waals surface area contributed by atoms with Gasteiger partial charge in [0.2, 0.25) is 0 Å². The average Bonchev–Trinajstić information content (AvgIpc) is 2.21. The molecule has 0 aromatic heterocycles. The van der Waals surface area contributed by atoms with Crippen molar-refractivity contribution in [1.82, 2.24) is 10.2 Å². The molecule has 0 aliphatic rings. The molecule has 0 spiro atoms. The molecule has 0 amide bonds. The predicted molar refractivity (Wildman–Crippen MR) is 65.9 cm³/mol. The normalized spacial score (nSPS) is 14.1. The first-order chi connectivity index (χ1) is 7.80. The Morgan fingerprint density at radius 1 is 1.24 bits per heavy atom. The van der Waals surface area contributed by atoms with Crippen LogP contribution in [0.3, 0.4) is 0 Å². The van der Waals surface area contributed by atoms with E-state index in [-0.39, 0.29) is 11.6 Å². The van der Waals surface area contributed by atoms with E-state index in [4.69, 9.17) is 0 Å². The van der Waals surface area contributed by atoms with Crippen molar-refractivity contribution < 1.29 is 8.78 Å². The minimum atomic E-state index is -0.552. The lowest BCUT2D eigenvalue weighted by Crippen LogP contribution is -2.48. The molecule has 0 saturated heterocycles. The van der Waals surface area contributed by atoms with Gasteiger partial charge in [-0.2, -0.15) is 0 Å². The molecular weight excluding hydrogens is 222 g/mol. The van der Waals surface area contributed by atoms with Gasteiger partial charge in [-0.1, -0.05) is 6.07 Å². The third-order valence-corrected chi connectivity index (χ3v) is 3.42. The Bertz CT molecular complexity index is 389. The van der Waals surface area contributed by atoms with E-state index in [0.29, 0.717) is 5.56 Å². The number of benzene rings is 1. The van der Waals surface area contributed by atoms with Gasteiger partial charge < -0.3 is 10.2 Å². The summed E-state index contributed by atoms with van der Waals surface area (Å²) in [4.78, 5) is 2.01. The summed E-state index contributed by atoms with van der Waals surface area (Å²) in [6.07, 6.45) is 0. The van der Waals surface area contributed by atoms with Crippen LogP contribution in [0.25, 0.3) is 0 Å². The number of nitrogens with zero attached hydrogens (tertiary/aromatic N) is 1. The van der Waals surface area contributed by atoms with Crippen molar-refractivity contribution in [2.45, 2.75) is 25.4 Å². The van der Waals surface area contributed by atoms with Crippen molar-refractivity contribution in [3.8, 4) is 0 Å². The molecule has 1 aromatic carbocycles. The van der Waals surface area contributed by atoms with Crippen LogP contribution in [-0.2, 0) is 0 Å². The summed E-state index contributed by atoms with van der Waals surface area (Å²) in [6.45, 7) is 4.02. The summed E-state index contributed by atoms with van der Waals surface area (Å²) < 4.78 is 26.7. The van der Waals surface area contributed by atoms with Gasteiger partial charge >= 0.3 is 0 Å². The predicted octanol–water partition coefficient (Wildman–Crippen LogP) is 2.57. The van der Waals surface area contributed by atoms with Crippen LogP contribution in [0, 0.1) is 11.6 Å². The summed E-state index contributed by atoms with van der Waals surface area (Å²) >= 11 is 0. The van der Waals surface area contributed by atoms with Gasteiger partial charge in [0.15, 0.2) is 0 Å². The molecule has 1 N–H and O–H groups in total. The second-order valence-corrected chi connectivity index (χ2v) is 4.94. The summed E-state index contributed by atoms with van der Waals surface area (Å²) in [7, 11) is 5.65. The van der Waals surface area contributed by atoms with Gasteiger partial charge in [0.1, 0.15) is 11.6 Å². The van der Waals surface area contributed by atoms with Crippen molar-refractivity contribution in [2.75, 3.05) is 21.1 Å². The van der Waals surface area contributed by atoms with Crippen molar-refractivity contribution >= 4 is 0 Å². The van der Waals surface area contributed by atoms with Crippen LogP contribution in [0.15, 0.2) is 18.2 Å². The van der Waals surface area contributed by atoms with Crippen LogP contribution in [0.4, 0.5) is 8.78 Å². The molecule has 1 rings (SSSR count). The fourth-order valence-corrected chi connectivity index (χ4v) is 1.88. The third-order valence-electron chi connectivity index (χ3n) is 3.42. The molecule has 0 radical (unpaired) electrons.